The quantitative estimate of drug-likeness (QED) is 0.290. The molecule has 0 aliphatic carbocycles. The second-order valence-corrected chi connectivity index (χ2v) is 0. The van der Waals surface area contributed by atoms with Gasteiger partial charge in [0.2, 0.25) is 0 Å². The first kappa shape index (κ1) is 16.7. The number of hydrogen-bond acceptors (Lipinski definition) is 3. The van der Waals surface area contributed by atoms with Crippen LogP contribution in [0.1, 0.15) is 0 Å². The monoisotopic (exact) mass is 154 g/mol. The van der Waals surface area contributed by atoms with Crippen LogP contribution in [0.3, 0.4) is 0 Å². The second-order valence-electron chi connectivity index (χ2n) is 0. The van der Waals surface area contributed by atoms with Crippen LogP contribution in [0.15, 0.2) is 0 Å². The summed E-state index contributed by atoms with van der Waals surface area (Å²) in [6.07, 6.45) is 0. The van der Waals surface area contributed by atoms with Gasteiger partial charge in [-0.3, -0.25) is 10.5 Å². The second kappa shape index (κ2) is 85.1. The zero-order valence-electron chi connectivity index (χ0n) is 2.16. The predicted octanol–water partition coefficient (Wildman–Crippen LogP) is -0.106. The topological polar surface area (TPSA) is 57.5 Å². The fourth-order valence-corrected chi connectivity index (χ4v) is 0. The molecule has 0 aromatic heterocycles. The molecule has 0 fully saturated rings. The summed E-state index contributed by atoms with van der Waals surface area (Å²) in [5, 5.41) is 12.0. The summed E-state index contributed by atoms with van der Waals surface area (Å²) >= 11 is 2.00. The van der Waals surface area contributed by atoms with E-state index in [-0.39, 0.29) is 21.7 Å². The molecule has 0 amide bonds. The van der Waals surface area contributed by atoms with Crippen LogP contribution < -0.4 is 0 Å². The van der Waals surface area contributed by atoms with Crippen LogP contribution in [0, 0.1) is 0 Å². The summed E-state index contributed by atoms with van der Waals surface area (Å²) in [6.45, 7) is 0. The van der Waals surface area contributed by atoms with Crippen molar-refractivity contribution in [1.82, 2.24) is 0 Å². The van der Waals surface area contributed by atoms with Crippen LogP contribution in [0.5, 0.6) is 0 Å². The third kappa shape index (κ3) is 47.5. The molecule has 0 spiro atoms. The van der Waals surface area contributed by atoms with E-state index < -0.39 is 0 Å². The van der Waals surface area contributed by atoms with E-state index in [1.165, 1.54) is 0 Å². The molecule has 0 aromatic carbocycles. The molecule has 0 radical (unpaired) electrons. The SMILES string of the molecule is OO.[O]=[Fe].[Ti]. The van der Waals surface area contributed by atoms with Crippen molar-refractivity contribution in [2.75, 3.05) is 0 Å². The summed E-state index contributed by atoms with van der Waals surface area (Å²) in [5.74, 6) is 0. The van der Waals surface area contributed by atoms with Crippen LogP contribution in [0.2, 0.25) is 0 Å². The Bertz CT molecular complexity index is 6.85. The molecule has 0 aromatic rings. The zero-order chi connectivity index (χ0) is 4.00. The number of hydrogen-bond donors (Lipinski definition) is 2. The summed E-state index contributed by atoms with van der Waals surface area (Å²) in [4.78, 5) is 0. The number of rotatable bonds is 0. The van der Waals surface area contributed by atoms with E-state index in [4.69, 9.17) is 14.3 Å². The van der Waals surface area contributed by atoms with Gasteiger partial charge in [0.1, 0.15) is 0 Å². The molecule has 0 aliphatic rings. The molecule has 0 saturated carbocycles. The fraction of sp³-hybridized carbons (Fsp3) is 0. The molecule has 0 aliphatic heterocycles. The van der Waals surface area contributed by atoms with Gasteiger partial charge in [-0.15, -0.1) is 0 Å². The van der Waals surface area contributed by atoms with Crippen molar-refractivity contribution in [2.24, 2.45) is 0 Å². The largest absolute Gasteiger partial charge is 0 e. The maximum Gasteiger partial charge on any atom is 0 e. The molecule has 0 heterocycles. The van der Waals surface area contributed by atoms with Gasteiger partial charge in [0.25, 0.3) is 0 Å². The Morgan fingerprint density at radius 3 is 1.20 bits per heavy atom. The Hall–Kier alpha value is 0.954. The predicted molar refractivity (Wildman–Crippen MR) is 5.94 cm³/mol. The van der Waals surface area contributed by atoms with E-state index in [9.17, 15) is 0 Å². The van der Waals surface area contributed by atoms with Gasteiger partial charge in [-0.25, -0.2) is 0 Å². The molecule has 0 atom stereocenters. The van der Waals surface area contributed by atoms with Gasteiger partial charge in [0.05, 0.1) is 0 Å². The molecular weight excluding hydrogens is 152 g/mol. The summed E-state index contributed by atoms with van der Waals surface area (Å²) in [5.41, 5.74) is 0. The van der Waals surface area contributed by atoms with E-state index in [1.54, 1.807) is 0 Å². The van der Waals surface area contributed by atoms with E-state index in [0.717, 1.165) is 0 Å². The van der Waals surface area contributed by atoms with E-state index in [0.29, 0.717) is 0 Å². The minimum atomic E-state index is 0. The summed E-state index contributed by atoms with van der Waals surface area (Å²) < 4.78 is 8.00. The van der Waals surface area contributed by atoms with E-state index in [1.807, 2.05) is 15.9 Å². The van der Waals surface area contributed by atoms with Crippen LogP contribution >= 0.6 is 0 Å². The average molecular weight is 154 g/mol. The Balaban J connectivity index is -0.0000000133. The summed E-state index contributed by atoms with van der Waals surface area (Å²) in [7, 11) is 0. The van der Waals surface area contributed by atoms with Crippen molar-refractivity contribution in [3.05, 3.63) is 0 Å². The Morgan fingerprint density at radius 1 is 1.20 bits per heavy atom. The molecule has 0 rings (SSSR count). The van der Waals surface area contributed by atoms with Crippen molar-refractivity contribution in [1.29, 1.82) is 0 Å². The molecule has 0 bridgehead atoms. The van der Waals surface area contributed by atoms with Gasteiger partial charge in [0.15, 0.2) is 0 Å². The third-order valence-electron chi connectivity index (χ3n) is 0. The molecule has 2 N–H and O–H groups in total. The van der Waals surface area contributed by atoms with Gasteiger partial charge >= 0.3 is 19.8 Å². The van der Waals surface area contributed by atoms with E-state index >= 15 is 0 Å². The Labute approximate surface area is 52.2 Å². The molecule has 32 valence electrons. The maximum atomic E-state index is 8.00. The zero-order valence-corrected chi connectivity index (χ0v) is 4.82. The first-order chi connectivity index (χ1) is 2.00. The van der Waals surface area contributed by atoms with Crippen molar-refractivity contribution in [3.8, 4) is 0 Å². The van der Waals surface area contributed by atoms with Gasteiger partial charge in [0, 0.05) is 21.7 Å². The normalized spacial score (nSPS) is 2.20. The van der Waals surface area contributed by atoms with Crippen molar-refractivity contribution >= 4 is 0 Å². The minimum Gasteiger partial charge on any atom is 0 e. The van der Waals surface area contributed by atoms with E-state index in [2.05, 4.69) is 0 Å². The first-order valence-corrected chi connectivity index (χ1v) is 0.795. The average Bonchev–Trinajstić information content (AvgIpc) is 1.50. The van der Waals surface area contributed by atoms with Crippen LogP contribution in [-0.2, 0) is 41.5 Å². The van der Waals surface area contributed by atoms with Crippen LogP contribution in [0.25, 0.3) is 0 Å². The van der Waals surface area contributed by atoms with Crippen LogP contribution in [0.4, 0.5) is 0 Å². The van der Waals surface area contributed by atoms with Crippen molar-refractivity contribution in [2.45, 2.75) is 0 Å². The van der Waals surface area contributed by atoms with Crippen molar-refractivity contribution < 1.29 is 52.0 Å². The molecule has 3 nitrogen and oxygen atoms in total. The smallest absolute Gasteiger partial charge is 0 e. The molecule has 0 saturated heterocycles. The maximum absolute atomic E-state index is 8.00. The van der Waals surface area contributed by atoms with Gasteiger partial charge in [-0.05, 0) is 0 Å². The third-order valence-corrected chi connectivity index (χ3v) is 0. The molecular formula is H2FeO3Ti. The molecule has 0 unspecified atom stereocenters. The van der Waals surface area contributed by atoms with Gasteiger partial charge in [-0.2, -0.15) is 0 Å². The van der Waals surface area contributed by atoms with Crippen molar-refractivity contribution in [3.63, 3.8) is 0 Å². The Morgan fingerprint density at radius 2 is 1.20 bits per heavy atom. The summed E-state index contributed by atoms with van der Waals surface area (Å²) in [6, 6.07) is 0. The Kier molecular flexibility index (Phi) is 285. The standard InChI is InChI=1S/Fe.H2O2.O.Ti/c;1-2;;/h;1-2H;;. The van der Waals surface area contributed by atoms with Crippen LogP contribution in [-0.4, -0.2) is 10.5 Å². The van der Waals surface area contributed by atoms with Gasteiger partial charge in [-0.1, -0.05) is 0 Å². The minimum absolute atomic E-state index is 0. The first-order valence-electron chi connectivity index (χ1n) is 0.344. The molecule has 5 heteroatoms. The van der Waals surface area contributed by atoms with Gasteiger partial charge < -0.3 is 0 Å². The molecule has 5 heavy (non-hydrogen) atoms. The fourth-order valence-electron chi connectivity index (χ4n) is 0.